The fourth-order valence-electron chi connectivity index (χ4n) is 5.99. The van der Waals surface area contributed by atoms with Crippen LogP contribution in [0.1, 0.15) is 52.7 Å². The van der Waals surface area contributed by atoms with Gasteiger partial charge in [0.05, 0.1) is 0 Å². The molecule has 2 bridgehead atoms. The predicted octanol–water partition coefficient (Wildman–Crippen LogP) is 5.35. The first-order valence-electron chi connectivity index (χ1n) is 12.9. The minimum atomic E-state index is -1.18. The van der Waals surface area contributed by atoms with Gasteiger partial charge in [-0.05, 0) is 72.9 Å². The predicted molar refractivity (Wildman–Crippen MR) is 137 cm³/mol. The van der Waals surface area contributed by atoms with Crippen molar-refractivity contribution in [1.82, 2.24) is 10.2 Å². The summed E-state index contributed by atoms with van der Waals surface area (Å²) in [4.78, 5) is 14.9. The maximum atomic E-state index is 14.2. The molecule has 2 heterocycles. The van der Waals surface area contributed by atoms with Gasteiger partial charge in [0.1, 0.15) is 5.82 Å². The number of carbonyl (C=O) groups excluding carboxylic acids is 1. The van der Waals surface area contributed by atoms with Gasteiger partial charge < -0.3 is 11.1 Å². The van der Waals surface area contributed by atoms with Crippen LogP contribution < -0.4 is 11.1 Å². The van der Waals surface area contributed by atoms with Crippen LogP contribution in [0.5, 0.6) is 0 Å². The Balaban J connectivity index is 1.18. The normalized spacial score (nSPS) is 22.1. The summed E-state index contributed by atoms with van der Waals surface area (Å²) in [6.45, 7) is 1.29. The van der Waals surface area contributed by atoms with E-state index in [9.17, 15) is 18.0 Å². The molecule has 3 aromatic rings. The van der Waals surface area contributed by atoms with Crippen LogP contribution in [0.3, 0.4) is 0 Å². The average Bonchev–Trinajstić information content (AvgIpc) is 3.12. The molecule has 4 atom stereocenters. The number of nitrogens with two attached hydrogens (primary N) is 1. The van der Waals surface area contributed by atoms with E-state index in [0.717, 1.165) is 43.9 Å². The van der Waals surface area contributed by atoms with E-state index in [2.05, 4.69) is 22.3 Å². The summed E-state index contributed by atoms with van der Waals surface area (Å²) in [5, 5.41) is 2.99. The molecule has 3 aromatic carbocycles. The SMILES string of the molecule is N[C@H](Cc1cc(F)c(F)cc1F)C1CC2CC[C@H](C1)N2Cc1cccc(CNC(=O)c2ccccc2)c1. The van der Waals surface area contributed by atoms with Crippen LogP contribution in [0.15, 0.2) is 66.7 Å². The van der Waals surface area contributed by atoms with Crippen molar-refractivity contribution in [2.24, 2.45) is 11.7 Å². The molecule has 0 radical (unpaired) electrons. The molecule has 0 saturated carbocycles. The molecule has 37 heavy (non-hydrogen) atoms. The molecule has 7 heteroatoms. The zero-order valence-corrected chi connectivity index (χ0v) is 20.7. The number of carbonyl (C=O) groups is 1. The second kappa shape index (κ2) is 11.1. The molecule has 194 valence electrons. The van der Waals surface area contributed by atoms with Crippen molar-refractivity contribution in [3.63, 3.8) is 0 Å². The van der Waals surface area contributed by atoms with E-state index in [1.165, 1.54) is 5.56 Å². The summed E-state index contributed by atoms with van der Waals surface area (Å²) in [5.41, 5.74) is 9.51. The van der Waals surface area contributed by atoms with Crippen molar-refractivity contribution in [2.75, 3.05) is 0 Å². The molecule has 3 N–H and O–H groups in total. The monoisotopic (exact) mass is 507 g/mol. The Hall–Kier alpha value is -3.16. The Labute approximate surface area is 215 Å². The highest BCUT2D eigenvalue weighted by atomic mass is 19.2. The Bertz CT molecular complexity index is 1240. The van der Waals surface area contributed by atoms with Gasteiger partial charge in [0, 0.05) is 42.8 Å². The van der Waals surface area contributed by atoms with Crippen molar-refractivity contribution in [3.05, 3.63) is 106 Å². The van der Waals surface area contributed by atoms with Crippen LogP contribution in [0.25, 0.3) is 0 Å². The quantitative estimate of drug-likeness (QED) is 0.405. The lowest BCUT2D eigenvalue weighted by Gasteiger charge is -2.41. The van der Waals surface area contributed by atoms with E-state index in [1.807, 2.05) is 30.3 Å². The minimum absolute atomic E-state index is 0.0919. The van der Waals surface area contributed by atoms with Gasteiger partial charge in [-0.25, -0.2) is 13.2 Å². The standard InChI is InChI=1S/C30H32F3N3O/c31-26-16-28(33)27(32)14-22(26)15-29(34)23-12-24-9-10-25(13-23)36(24)18-20-6-4-5-19(11-20)17-35-30(37)21-7-2-1-3-8-21/h1-8,11,14,16,23-25,29H,9-10,12-13,15,17-18,34H2,(H,35,37)/t23?,24-,25?,29-/m1/s1. The van der Waals surface area contributed by atoms with Crippen molar-refractivity contribution < 1.29 is 18.0 Å². The van der Waals surface area contributed by atoms with E-state index in [0.29, 0.717) is 30.3 Å². The first-order valence-corrected chi connectivity index (χ1v) is 12.9. The van der Waals surface area contributed by atoms with Crippen LogP contribution in [-0.4, -0.2) is 28.9 Å². The number of rotatable bonds is 8. The Kier molecular flexibility index (Phi) is 7.63. The van der Waals surface area contributed by atoms with Crippen molar-refractivity contribution >= 4 is 5.91 Å². The largest absolute Gasteiger partial charge is 0.348 e. The minimum Gasteiger partial charge on any atom is -0.348 e. The number of halogens is 3. The molecule has 0 aromatic heterocycles. The second-order valence-electron chi connectivity index (χ2n) is 10.4. The van der Waals surface area contributed by atoms with Crippen molar-refractivity contribution in [1.29, 1.82) is 0 Å². The fourth-order valence-corrected chi connectivity index (χ4v) is 5.99. The summed E-state index contributed by atoms with van der Waals surface area (Å²) in [5.74, 6) is -2.84. The Morgan fingerprint density at radius 1 is 0.892 bits per heavy atom. The molecule has 2 unspecified atom stereocenters. The third-order valence-corrected chi connectivity index (χ3v) is 7.92. The van der Waals surface area contributed by atoms with E-state index in [1.54, 1.807) is 12.1 Å². The fraction of sp³-hybridized carbons (Fsp3) is 0.367. The number of nitrogens with one attached hydrogen (secondary N) is 1. The second-order valence-corrected chi connectivity index (χ2v) is 10.4. The average molecular weight is 508 g/mol. The smallest absolute Gasteiger partial charge is 0.251 e. The van der Waals surface area contributed by atoms with Crippen molar-refractivity contribution in [3.8, 4) is 0 Å². The first-order chi connectivity index (χ1) is 17.9. The maximum absolute atomic E-state index is 14.2. The number of piperidine rings is 1. The molecule has 2 aliphatic rings. The molecule has 2 fully saturated rings. The van der Waals surface area contributed by atoms with Crippen LogP contribution in [0.4, 0.5) is 13.2 Å². The van der Waals surface area contributed by atoms with Gasteiger partial charge in [-0.3, -0.25) is 9.69 Å². The summed E-state index contributed by atoms with van der Waals surface area (Å²) >= 11 is 0. The molecule has 2 aliphatic heterocycles. The van der Waals surface area contributed by atoms with Gasteiger partial charge in [0.2, 0.25) is 0 Å². The zero-order valence-electron chi connectivity index (χ0n) is 20.7. The third kappa shape index (κ3) is 5.89. The number of nitrogens with zero attached hydrogens (tertiary/aromatic N) is 1. The summed E-state index contributed by atoms with van der Waals surface area (Å²) in [6, 6.07) is 19.5. The number of hydrogen-bond donors (Lipinski definition) is 2. The van der Waals surface area contributed by atoms with Crippen LogP contribution in [-0.2, 0) is 19.5 Å². The molecule has 2 saturated heterocycles. The number of fused-ring (bicyclic) bond motifs is 2. The van der Waals surface area contributed by atoms with Gasteiger partial charge in [0.25, 0.3) is 5.91 Å². The lowest BCUT2D eigenvalue weighted by atomic mass is 9.82. The third-order valence-electron chi connectivity index (χ3n) is 7.92. The van der Waals surface area contributed by atoms with Gasteiger partial charge in [-0.2, -0.15) is 0 Å². The van der Waals surface area contributed by atoms with Crippen LogP contribution in [0.2, 0.25) is 0 Å². The van der Waals surface area contributed by atoms with E-state index in [-0.39, 0.29) is 29.9 Å². The molecular formula is C30H32F3N3O. The number of hydrogen-bond acceptors (Lipinski definition) is 3. The molecule has 4 nitrogen and oxygen atoms in total. The lowest BCUT2D eigenvalue weighted by molar-refractivity contribution is 0.0859. The molecule has 1 amide bonds. The molecule has 0 spiro atoms. The number of benzene rings is 3. The Morgan fingerprint density at radius 3 is 2.30 bits per heavy atom. The van der Waals surface area contributed by atoms with Crippen LogP contribution in [0, 0.1) is 23.4 Å². The highest BCUT2D eigenvalue weighted by Gasteiger charge is 2.42. The highest BCUT2D eigenvalue weighted by Crippen LogP contribution is 2.41. The van der Waals surface area contributed by atoms with Gasteiger partial charge in [0.15, 0.2) is 11.6 Å². The van der Waals surface area contributed by atoms with Gasteiger partial charge in [-0.15, -0.1) is 0 Å². The number of amides is 1. The molecular weight excluding hydrogens is 475 g/mol. The van der Waals surface area contributed by atoms with Crippen molar-refractivity contribution in [2.45, 2.75) is 63.3 Å². The maximum Gasteiger partial charge on any atom is 0.251 e. The van der Waals surface area contributed by atoms with E-state index < -0.39 is 17.5 Å². The highest BCUT2D eigenvalue weighted by molar-refractivity contribution is 5.94. The summed E-state index contributed by atoms with van der Waals surface area (Å²) in [7, 11) is 0. The molecule has 5 rings (SSSR count). The topological polar surface area (TPSA) is 58.4 Å². The first kappa shape index (κ1) is 25.5. The zero-order chi connectivity index (χ0) is 25.9. The van der Waals surface area contributed by atoms with Gasteiger partial charge in [-0.1, -0.05) is 42.5 Å². The Morgan fingerprint density at radius 2 is 1.57 bits per heavy atom. The van der Waals surface area contributed by atoms with Gasteiger partial charge >= 0.3 is 0 Å². The summed E-state index contributed by atoms with van der Waals surface area (Å²) < 4.78 is 41.1. The molecule has 0 aliphatic carbocycles. The summed E-state index contributed by atoms with van der Waals surface area (Å²) in [6.07, 6.45) is 4.22. The lowest BCUT2D eigenvalue weighted by Crippen LogP contribution is -2.47. The van der Waals surface area contributed by atoms with E-state index in [4.69, 9.17) is 5.73 Å². The van der Waals surface area contributed by atoms with E-state index >= 15 is 0 Å². The van der Waals surface area contributed by atoms with Crippen LogP contribution >= 0.6 is 0 Å².